The molecule has 0 saturated carbocycles. The van der Waals surface area contributed by atoms with E-state index in [0.717, 1.165) is 37.7 Å². The van der Waals surface area contributed by atoms with Crippen LogP contribution in [-0.4, -0.2) is 37.6 Å². The van der Waals surface area contributed by atoms with E-state index in [4.69, 9.17) is 11.6 Å². The summed E-state index contributed by atoms with van der Waals surface area (Å²) in [4.78, 5) is 2.42. The average Bonchev–Trinajstić information content (AvgIpc) is 2.33. The number of benzene rings is 1. The Labute approximate surface area is 102 Å². The zero-order chi connectivity index (χ0) is 11.2. The highest BCUT2D eigenvalue weighted by Gasteiger charge is 2.07. The van der Waals surface area contributed by atoms with Gasteiger partial charge in [0.25, 0.3) is 0 Å². The molecule has 1 aliphatic rings. The summed E-state index contributed by atoms with van der Waals surface area (Å²) in [6, 6.07) is 7.90. The highest BCUT2D eigenvalue weighted by molar-refractivity contribution is 6.30. The molecule has 1 heterocycles. The third-order valence-corrected chi connectivity index (χ3v) is 2.94. The Balaban J connectivity index is 1.82. The minimum absolute atomic E-state index is 0.787. The monoisotopic (exact) mass is 235 g/mol. The van der Waals surface area contributed by atoms with Gasteiger partial charge in [-0.3, -0.25) is 4.90 Å². The van der Waals surface area contributed by atoms with Gasteiger partial charge in [0, 0.05) is 37.7 Å². The first-order valence-corrected chi connectivity index (χ1v) is 6.00. The number of nitrogens with zero attached hydrogens (tertiary/aromatic N) is 2. The van der Waals surface area contributed by atoms with Crippen LogP contribution in [0.3, 0.4) is 0 Å². The molecule has 1 radical (unpaired) electrons. The van der Waals surface area contributed by atoms with Crippen LogP contribution in [0.1, 0.15) is 5.56 Å². The lowest BCUT2D eigenvalue weighted by molar-refractivity contribution is 0.262. The first kappa shape index (κ1) is 11.6. The molecule has 0 spiro atoms. The molecule has 1 aromatic carbocycles. The summed E-state index contributed by atoms with van der Waals surface area (Å²) in [5.41, 5.74) is 1.20. The quantitative estimate of drug-likeness (QED) is 0.786. The molecule has 1 aromatic rings. The molecule has 0 aliphatic carbocycles. The summed E-state index contributed by atoms with van der Waals surface area (Å²) >= 11 is 5.82. The average molecular weight is 236 g/mol. The second kappa shape index (κ2) is 6.04. The molecule has 0 aromatic heterocycles. The van der Waals surface area contributed by atoms with Crippen molar-refractivity contribution < 1.29 is 0 Å². The highest BCUT2D eigenvalue weighted by Crippen LogP contribution is 2.10. The van der Waals surface area contributed by atoms with Gasteiger partial charge in [-0.25, -0.2) is 5.32 Å². The normalized spacial score (nSPS) is 18.1. The molecule has 1 aliphatic heterocycles. The van der Waals surface area contributed by atoms with Gasteiger partial charge in [0.15, 0.2) is 0 Å². The van der Waals surface area contributed by atoms with Gasteiger partial charge in [-0.1, -0.05) is 35.9 Å². The van der Waals surface area contributed by atoms with Crippen LogP contribution in [0, 0.1) is 0 Å². The molecule has 0 amide bonds. The summed E-state index contributed by atoms with van der Waals surface area (Å²) in [6.07, 6.45) is 4.34. The standard InChI is InChI=1S/C13H16ClN2/c14-13-5-3-12(4-6-13)2-1-9-16-10-7-15-8-11-16/h1-6H,7-11H2. The first-order chi connectivity index (χ1) is 7.84. The van der Waals surface area contributed by atoms with E-state index < -0.39 is 0 Å². The number of hydrogen-bond donors (Lipinski definition) is 0. The van der Waals surface area contributed by atoms with Gasteiger partial charge in [-0.15, -0.1) is 0 Å². The fraction of sp³-hybridized carbons (Fsp3) is 0.385. The van der Waals surface area contributed by atoms with Crippen molar-refractivity contribution in [2.24, 2.45) is 0 Å². The fourth-order valence-corrected chi connectivity index (χ4v) is 1.87. The van der Waals surface area contributed by atoms with Crippen molar-refractivity contribution in [3.63, 3.8) is 0 Å². The maximum atomic E-state index is 5.82. The number of piperazine rings is 1. The Kier molecular flexibility index (Phi) is 4.40. The fourth-order valence-electron chi connectivity index (χ4n) is 1.74. The Morgan fingerprint density at radius 1 is 1.19 bits per heavy atom. The summed E-state index contributed by atoms with van der Waals surface area (Å²) in [5, 5.41) is 5.11. The van der Waals surface area contributed by atoms with Crippen LogP contribution in [0.15, 0.2) is 30.3 Å². The SMILES string of the molecule is Clc1ccc(C=CCN2CC[N]CC2)cc1. The van der Waals surface area contributed by atoms with Gasteiger partial charge in [0.1, 0.15) is 0 Å². The van der Waals surface area contributed by atoms with Crippen LogP contribution >= 0.6 is 11.6 Å². The van der Waals surface area contributed by atoms with Crippen LogP contribution in [-0.2, 0) is 0 Å². The number of hydrogen-bond acceptors (Lipinski definition) is 1. The number of halogens is 1. The van der Waals surface area contributed by atoms with E-state index >= 15 is 0 Å². The van der Waals surface area contributed by atoms with Crippen molar-refractivity contribution in [3.8, 4) is 0 Å². The lowest BCUT2D eigenvalue weighted by Gasteiger charge is -2.24. The van der Waals surface area contributed by atoms with Crippen molar-refractivity contribution in [3.05, 3.63) is 40.9 Å². The third kappa shape index (κ3) is 3.63. The first-order valence-electron chi connectivity index (χ1n) is 5.62. The lowest BCUT2D eigenvalue weighted by atomic mass is 10.2. The second-order valence-corrected chi connectivity index (χ2v) is 4.36. The van der Waals surface area contributed by atoms with Crippen molar-refractivity contribution in [1.29, 1.82) is 0 Å². The lowest BCUT2D eigenvalue weighted by Crippen LogP contribution is -2.40. The minimum atomic E-state index is 0.787. The largest absolute Gasteiger partial charge is 0.297 e. The smallest absolute Gasteiger partial charge is 0.0406 e. The molecule has 1 fully saturated rings. The van der Waals surface area contributed by atoms with E-state index in [9.17, 15) is 0 Å². The van der Waals surface area contributed by atoms with Gasteiger partial charge in [-0.05, 0) is 17.7 Å². The predicted molar refractivity (Wildman–Crippen MR) is 68.8 cm³/mol. The third-order valence-electron chi connectivity index (χ3n) is 2.69. The van der Waals surface area contributed by atoms with Gasteiger partial charge in [-0.2, -0.15) is 0 Å². The van der Waals surface area contributed by atoms with Gasteiger partial charge >= 0.3 is 0 Å². The van der Waals surface area contributed by atoms with Gasteiger partial charge in [0.05, 0.1) is 0 Å². The summed E-state index contributed by atoms with van der Waals surface area (Å²) in [6.45, 7) is 5.15. The van der Waals surface area contributed by atoms with E-state index in [0.29, 0.717) is 0 Å². The predicted octanol–water partition coefficient (Wildman–Crippen LogP) is 2.27. The van der Waals surface area contributed by atoms with E-state index in [-0.39, 0.29) is 0 Å². The molecule has 0 atom stereocenters. The molecule has 2 nitrogen and oxygen atoms in total. The Bertz CT molecular complexity index is 339. The Morgan fingerprint density at radius 3 is 2.56 bits per heavy atom. The summed E-state index contributed by atoms with van der Waals surface area (Å²) < 4.78 is 0. The van der Waals surface area contributed by atoms with Crippen LogP contribution < -0.4 is 5.32 Å². The van der Waals surface area contributed by atoms with Gasteiger partial charge < -0.3 is 0 Å². The number of rotatable bonds is 3. The molecular weight excluding hydrogens is 220 g/mol. The van der Waals surface area contributed by atoms with Crippen molar-refractivity contribution in [2.45, 2.75) is 0 Å². The molecule has 16 heavy (non-hydrogen) atoms. The van der Waals surface area contributed by atoms with Crippen LogP contribution in [0.5, 0.6) is 0 Å². The molecule has 3 heteroatoms. The molecule has 0 N–H and O–H groups in total. The minimum Gasteiger partial charge on any atom is -0.297 e. The van der Waals surface area contributed by atoms with E-state index in [1.807, 2.05) is 24.3 Å². The molecule has 1 saturated heterocycles. The zero-order valence-electron chi connectivity index (χ0n) is 9.27. The molecule has 0 bridgehead atoms. The maximum absolute atomic E-state index is 5.82. The summed E-state index contributed by atoms with van der Waals surface area (Å²) in [5.74, 6) is 0. The zero-order valence-corrected chi connectivity index (χ0v) is 10.0. The molecule has 2 rings (SSSR count). The van der Waals surface area contributed by atoms with Crippen molar-refractivity contribution in [1.82, 2.24) is 10.2 Å². The van der Waals surface area contributed by atoms with E-state index in [1.165, 1.54) is 5.56 Å². The van der Waals surface area contributed by atoms with Crippen LogP contribution in [0.4, 0.5) is 0 Å². The molecular formula is C13H16ClN2. The second-order valence-electron chi connectivity index (χ2n) is 3.93. The highest BCUT2D eigenvalue weighted by atomic mass is 35.5. The maximum Gasteiger partial charge on any atom is 0.0406 e. The van der Waals surface area contributed by atoms with Crippen molar-refractivity contribution in [2.75, 3.05) is 32.7 Å². The van der Waals surface area contributed by atoms with Crippen molar-refractivity contribution >= 4 is 17.7 Å². The van der Waals surface area contributed by atoms with Gasteiger partial charge in [0.2, 0.25) is 0 Å². The van der Waals surface area contributed by atoms with Crippen LogP contribution in [0.25, 0.3) is 6.08 Å². The molecule has 85 valence electrons. The topological polar surface area (TPSA) is 17.3 Å². The Hall–Kier alpha value is -0.830. The molecule has 0 unspecified atom stereocenters. The Morgan fingerprint density at radius 2 is 1.88 bits per heavy atom. The van der Waals surface area contributed by atoms with Crippen LogP contribution in [0.2, 0.25) is 5.02 Å². The van der Waals surface area contributed by atoms with E-state index in [1.54, 1.807) is 0 Å². The summed E-state index contributed by atoms with van der Waals surface area (Å²) in [7, 11) is 0. The van der Waals surface area contributed by atoms with E-state index in [2.05, 4.69) is 22.4 Å².